The lowest BCUT2D eigenvalue weighted by molar-refractivity contribution is 0.319. The van der Waals surface area contributed by atoms with Crippen molar-refractivity contribution in [3.8, 4) is 5.69 Å². The molecule has 1 N–H and O–H groups in total. The molecule has 1 aliphatic rings. The summed E-state index contributed by atoms with van der Waals surface area (Å²) in [6.45, 7) is 1.98. The van der Waals surface area contributed by atoms with Gasteiger partial charge in [0.1, 0.15) is 17.0 Å². The van der Waals surface area contributed by atoms with Crippen LogP contribution in [0.15, 0.2) is 47.9 Å². The second-order valence-electron chi connectivity index (χ2n) is 6.80. The van der Waals surface area contributed by atoms with E-state index in [1.165, 1.54) is 0 Å². The molecular weight excluding hydrogens is 342 g/mol. The highest BCUT2D eigenvalue weighted by Crippen LogP contribution is 2.46. The molecule has 1 fully saturated rings. The number of aromatic nitrogens is 7. The number of nitrogens with one attached hydrogen (secondary N) is 1. The van der Waals surface area contributed by atoms with E-state index in [4.69, 9.17) is 4.98 Å². The van der Waals surface area contributed by atoms with Gasteiger partial charge in [0.2, 0.25) is 0 Å². The summed E-state index contributed by atoms with van der Waals surface area (Å²) >= 11 is 0. The molecule has 0 spiro atoms. The molecule has 0 bridgehead atoms. The van der Waals surface area contributed by atoms with Crippen molar-refractivity contribution in [2.24, 2.45) is 0 Å². The molecule has 27 heavy (non-hydrogen) atoms. The van der Waals surface area contributed by atoms with Crippen LogP contribution in [0.2, 0.25) is 0 Å². The third-order valence-corrected chi connectivity index (χ3v) is 5.24. The van der Waals surface area contributed by atoms with Crippen molar-refractivity contribution in [1.82, 2.24) is 34.7 Å². The second kappa shape index (κ2) is 6.08. The maximum atomic E-state index is 12.6. The minimum atomic E-state index is -0.178. The number of hydrogen-bond donors (Lipinski definition) is 1. The second-order valence-corrected chi connectivity index (χ2v) is 6.80. The molecule has 0 radical (unpaired) electrons. The lowest BCUT2D eigenvalue weighted by Crippen LogP contribution is -2.27. The van der Waals surface area contributed by atoms with Crippen LogP contribution in [-0.4, -0.2) is 34.7 Å². The molecule has 0 aromatic carbocycles. The summed E-state index contributed by atoms with van der Waals surface area (Å²) in [5.74, 6) is 1.73. The van der Waals surface area contributed by atoms with E-state index in [0.717, 1.165) is 29.9 Å². The van der Waals surface area contributed by atoms with E-state index in [-0.39, 0.29) is 17.4 Å². The minimum absolute atomic E-state index is 0.0999. The van der Waals surface area contributed by atoms with Crippen molar-refractivity contribution in [1.29, 1.82) is 0 Å². The van der Waals surface area contributed by atoms with Gasteiger partial charge in [-0.1, -0.05) is 0 Å². The highest BCUT2D eigenvalue weighted by Gasteiger charge is 2.37. The summed E-state index contributed by atoms with van der Waals surface area (Å²) in [5.41, 5.74) is 2.19. The van der Waals surface area contributed by atoms with Crippen molar-refractivity contribution >= 4 is 11.0 Å². The normalized spacial score (nSPS) is 19.1. The number of nitrogens with zero attached hydrogens (tertiary/aromatic N) is 6. The number of aromatic amines is 1. The van der Waals surface area contributed by atoms with Gasteiger partial charge in [-0.05, 0) is 37.5 Å². The van der Waals surface area contributed by atoms with E-state index in [2.05, 4.69) is 25.0 Å². The molecule has 8 nitrogen and oxygen atoms in total. The Labute approximate surface area is 154 Å². The fourth-order valence-electron chi connectivity index (χ4n) is 3.60. The smallest absolute Gasteiger partial charge is 0.262 e. The molecule has 1 aliphatic carbocycles. The van der Waals surface area contributed by atoms with Gasteiger partial charge in [0.05, 0.1) is 18.1 Å². The quantitative estimate of drug-likeness (QED) is 0.602. The molecule has 0 unspecified atom stereocenters. The number of H-pyrrole nitrogens is 1. The number of fused-ring (bicyclic) bond motifs is 1. The zero-order chi connectivity index (χ0) is 18.4. The molecule has 2 atom stereocenters. The lowest BCUT2D eigenvalue weighted by Gasteiger charge is -2.34. The van der Waals surface area contributed by atoms with Crippen LogP contribution < -0.4 is 5.56 Å². The van der Waals surface area contributed by atoms with Gasteiger partial charge in [0.25, 0.3) is 5.56 Å². The van der Waals surface area contributed by atoms with E-state index >= 15 is 0 Å². The summed E-state index contributed by atoms with van der Waals surface area (Å²) in [4.78, 5) is 33.3. The predicted octanol–water partition coefficient (Wildman–Crippen LogP) is 2.26. The van der Waals surface area contributed by atoms with Crippen LogP contribution in [-0.2, 0) is 0 Å². The monoisotopic (exact) mass is 359 g/mol. The maximum Gasteiger partial charge on any atom is 0.262 e. The van der Waals surface area contributed by atoms with Crippen LogP contribution in [0.25, 0.3) is 16.7 Å². The first-order valence-corrected chi connectivity index (χ1v) is 8.88. The Balaban J connectivity index is 1.62. The van der Waals surface area contributed by atoms with Crippen LogP contribution >= 0.6 is 0 Å². The van der Waals surface area contributed by atoms with E-state index in [1.54, 1.807) is 41.7 Å². The summed E-state index contributed by atoms with van der Waals surface area (Å²) in [5, 5.41) is 4.84. The van der Waals surface area contributed by atoms with Crippen molar-refractivity contribution in [3.63, 3.8) is 0 Å². The van der Waals surface area contributed by atoms with Crippen molar-refractivity contribution in [2.45, 2.75) is 31.6 Å². The van der Waals surface area contributed by atoms with Gasteiger partial charge in [-0.2, -0.15) is 5.10 Å². The van der Waals surface area contributed by atoms with Gasteiger partial charge in [-0.25, -0.2) is 19.6 Å². The number of rotatable bonds is 3. The fraction of sp³-hybridized carbons (Fsp3) is 0.263. The Kier molecular flexibility index (Phi) is 3.56. The zero-order valence-corrected chi connectivity index (χ0v) is 14.7. The molecule has 8 heteroatoms. The van der Waals surface area contributed by atoms with Crippen LogP contribution in [0.4, 0.5) is 0 Å². The molecule has 0 aliphatic heterocycles. The van der Waals surface area contributed by atoms with Crippen LogP contribution in [0.3, 0.4) is 0 Å². The average molecular weight is 359 g/mol. The Hall–Kier alpha value is -3.42. The fourth-order valence-corrected chi connectivity index (χ4v) is 3.60. The summed E-state index contributed by atoms with van der Waals surface area (Å²) in [6, 6.07) is 3.71. The van der Waals surface area contributed by atoms with E-state index in [0.29, 0.717) is 16.9 Å². The third-order valence-electron chi connectivity index (χ3n) is 5.24. The predicted molar refractivity (Wildman–Crippen MR) is 98.8 cm³/mol. The standard InChI is InChI=1S/C19H17N7O/c1-11-5-8-20-10-15(11)26-18-14(9-23-26)19(27)25-17(24-18)13-4-3-12(13)16-21-6-2-7-22-16/h2,5-10,12-13H,3-4H2,1H3,(H,24,25,27)/t12-,13+/m0/s1. The molecule has 0 saturated heterocycles. The Morgan fingerprint density at radius 3 is 2.67 bits per heavy atom. The van der Waals surface area contributed by atoms with Crippen LogP contribution in [0.5, 0.6) is 0 Å². The first-order chi connectivity index (χ1) is 13.2. The molecular formula is C19H17N7O. The van der Waals surface area contributed by atoms with Gasteiger partial charge in [-0.15, -0.1) is 0 Å². The number of pyridine rings is 1. The zero-order valence-electron chi connectivity index (χ0n) is 14.7. The van der Waals surface area contributed by atoms with Gasteiger partial charge >= 0.3 is 0 Å². The van der Waals surface area contributed by atoms with Gasteiger partial charge in [0, 0.05) is 30.4 Å². The number of hydrogen-bond acceptors (Lipinski definition) is 6. The topological polar surface area (TPSA) is 102 Å². The van der Waals surface area contributed by atoms with Gasteiger partial charge in [-0.3, -0.25) is 9.78 Å². The Morgan fingerprint density at radius 1 is 1.11 bits per heavy atom. The third kappa shape index (κ3) is 2.52. The molecule has 5 rings (SSSR count). The van der Waals surface area contributed by atoms with Crippen molar-refractivity contribution in [2.75, 3.05) is 0 Å². The first kappa shape index (κ1) is 15.8. The van der Waals surface area contributed by atoms with Crippen LogP contribution in [0, 0.1) is 6.92 Å². The largest absolute Gasteiger partial charge is 0.310 e. The van der Waals surface area contributed by atoms with E-state index in [1.807, 2.05) is 13.0 Å². The Bertz CT molecular complexity index is 1180. The Morgan fingerprint density at radius 2 is 1.93 bits per heavy atom. The molecule has 134 valence electrons. The van der Waals surface area contributed by atoms with Crippen molar-refractivity contribution in [3.05, 3.63) is 70.7 Å². The SMILES string of the molecule is Cc1ccncc1-n1ncc2c(=O)[nH]c([C@@H]3CC[C@@H]3c3ncccn3)nc21. The molecule has 4 aromatic rings. The molecule has 1 saturated carbocycles. The highest BCUT2D eigenvalue weighted by molar-refractivity contribution is 5.75. The lowest BCUT2D eigenvalue weighted by atomic mass is 9.72. The maximum absolute atomic E-state index is 12.6. The number of aryl methyl sites for hydroxylation is 1. The van der Waals surface area contributed by atoms with E-state index in [9.17, 15) is 4.79 Å². The minimum Gasteiger partial charge on any atom is -0.310 e. The van der Waals surface area contributed by atoms with Crippen molar-refractivity contribution < 1.29 is 0 Å². The summed E-state index contributed by atoms with van der Waals surface area (Å²) in [7, 11) is 0. The van der Waals surface area contributed by atoms with Crippen LogP contribution in [0.1, 0.15) is 41.9 Å². The average Bonchev–Trinajstić information content (AvgIpc) is 3.06. The summed E-state index contributed by atoms with van der Waals surface area (Å²) < 4.78 is 1.68. The van der Waals surface area contributed by atoms with Gasteiger partial charge in [0.15, 0.2) is 5.65 Å². The molecule has 4 heterocycles. The first-order valence-electron chi connectivity index (χ1n) is 8.88. The highest BCUT2D eigenvalue weighted by atomic mass is 16.1. The summed E-state index contributed by atoms with van der Waals surface area (Å²) in [6.07, 6.45) is 10.4. The van der Waals surface area contributed by atoms with E-state index < -0.39 is 0 Å². The van der Waals surface area contributed by atoms with Gasteiger partial charge < -0.3 is 4.98 Å². The molecule has 0 amide bonds. The molecule has 4 aromatic heterocycles.